The third-order valence-corrected chi connectivity index (χ3v) is 5.25. The minimum Gasteiger partial charge on any atom is -0.504 e. The van der Waals surface area contributed by atoms with Crippen molar-refractivity contribution in [1.29, 1.82) is 0 Å². The number of aromatic hydroxyl groups is 1. The zero-order chi connectivity index (χ0) is 19.8. The van der Waals surface area contributed by atoms with Gasteiger partial charge >= 0.3 is 0 Å². The average Bonchev–Trinajstić information content (AvgIpc) is 3.32. The van der Waals surface area contributed by atoms with Crippen molar-refractivity contribution in [2.45, 2.75) is 19.3 Å². The minimum atomic E-state index is 0.120. The molecule has 0 saturated heterocycles. The predicted octanol–water partition coefficient (Wildman–Crippen LogP) is 4.67. The summed E-state index contributed by atoms with van der Waals surface area (Å²) < 4.78 is 5.16. The van der Waals surface area contributed by atoms with E-state index in [1.165, 1.54) is 12.0 Å². The van der Waals surface area contributed by atoms with Crippen LogP contribution in [0.1, 0.15) is 24.8 Å². The highest BCUT2D eigenvalue weighted by molar-refractivity contribution is 5.82. The van der Waals surface area contributed by atoms with Gasteiger partial charge in [0.15, 0.2) is 23.1 Å². The first-order valence-electron chi connectivity index (χ1n) is 9.58. The van der Waals surface area contributed by atoms with Crippen LogP contribution in [0, 0.1) is 0 Å². The highest BCUT2D eigenvalue weighted by Crippen LogP contribution is 2.37. The molecule has 7 heteroatoms. The maximum absolute atomic E-state index is 10.2. The summed E-state index contributed by atoms with van der Waals surface area (Å²) in [5, 5.41) is 21.1. The molecular weight excluding hydrogens is 366 g/mol. The number of hydrogen-bond acceptors (Lipinski definition) is 5. The highest BCUT2D eigenvalue weighted by atomic mass is 16.5. The Hall–Kier alpha value is -3.74. The molecular formula is C22H21N5O2. The molecule has 1 aliphatic rings. The highest BCUT2D eigenvalue weighted by Gasteiger charge is 2.19. The molecule has 1 fully saturated rings. The normalized spacial score (nSPS) is 13.3. The third kappa shape index (κ3) is 3.20. The second-order valence-electron chi connectivity index (χ2n) is 7.11. The van der Waals surface area contributed by atoms with Gasteiger partial charge in [-0.2, -0.15) is 5.10 Å². The fourth-order valence-electron chi connectivity index (χ4n) is 3.53. The van der Waals surface area contributed by atoms with Crippen LogP contribution in [0.2, 0.25) is 0 Å². The lowest BCUT2D eigenvalue weighted by Gasteiger charge is -2.23. The third-order valence-electron chi connectivity index (χ3n) is 5.25. The number of aromatic amines is 2. The molecule has 2 aromatic carbocycles. The second-order valence-corrected chi connectivity index (χ2v) is 7.11. The molecule has 7 nitrogen and oxygen atoms in total. The quantitative estimate of drug-likeness (QED) is 0.399. The molecule has 2 heterocycles. The molecule has 2 aromatic heterocycles. The number of nitrogens with one attached hydrogen (secondary N) is 3. The topological polar surface area (TPSA) is 98.8 Å². The van der Waals surface area contributed by atoms with Crippen LogP contribution in [-0.4, -0.2) is 32.4 Å². The van der Waals surface area contributed by atoms with Gasteiger partial charge in [-0.1, -0.05) is 12.1 Å². The van der Waals surface area contributed by atoms with Gasteiger partial charge in [0.05, 0.1) is 18.1 Å². The van der Waals surface area contributed by atoms with E-state index in [4.69, 9.17) is 4.74 Å². The van der Waals surface area contributed by atoms with Gasteiger partial charge in [-0.05, 0) is 55.2 Å². The van der Waals surface area contributed by atoms with E-state index in [1.807, 2.05) is 36.4 Å². The van der Waals surface area contributed by atoms with E-state index >= 15 is 0 Å². The van der Waals surface area contributed by atoms with E-state index in [2.05, 4.69) is 25.5 Å². The van der Waals surface area contributed by atoms with E-state index in [1.54, 1.807) is 19.2 Å². The number of benzene rings is 2. The molecule has 1 aliphatic carbocycles. The van der Waals surface area contributed by atoms with Gasteiger partial charge in [0, 0.05) is 17.3 Å². The first-order chi connectivity index (χ1) is 14.2. The van der Waals surface area contributed by atoms with E-state index < -0.39 is 0 Å². The van der Waals surface area contributed by atoms with Crippen molar-refractivity contribution < 1.29 is 9.84 Å². The molecule has 0 spiro atoms. The Morgan fingerprint density at radius 3 is 2.72 bits per heavy atom. The summed E-state index contributed by atoms with van der Waals surface area (Å²) in [6.07, 6.45) is 3.25. The number of hydrogen-bond donors (Lipinski definition) is 4. The number of aromatic nitrogens is 4. The van der Waals surface area contributed by atoms with Crippen molar-refractivity contribution in [3.8, 4) is 23.0 Å². The number of H-pyrrole nitrogens is 2. The lowest BCUT2D eigenvalue weighted by molar-refractivity contribution is 0.373. The number of imidazole rings is 1. The fourth-order valence-corrected chi connectivity index (χ4v) is 3.53. The van der Waals surface area contributed by atoms with Crippen molar-refractivity contribution in [2.24, 2.45) is 0 Å². The average molecular weight is 387 g/mol. The molecule has 0 amide bonds. The molecule has 0 aliphatic heterocycles. The van der Waals surface area contributed by atoms with Crippen molar-refractivity contribution in [3.63, 3.8) is 0 Å². The van der Waals surface area contributed by atoms with E-state index in [-0.39, 0.29) is 5.75 Å². The Labute approximate surface area is 167 Å². The number of phenolic OH excluding ortho intramolecular Hbond substituents is 1. The summed E-state index contributed by atoms with van der Waals surface area (Å²) in [5.74, 6) is 2.02. The Balaban J connectivity index is 1.45. The molecule has 1 saturated carbocycles. The van der Waals surface area contributed by atoms with Gasteiger partial charge in [-0.3, -0.25) is 5.10 Å². The molecule has 0 bridgehead atoms. The van der Waals surface area contributed by atoms with Crippen molar-refractivity contribution in [2.75, 3.05) is 12.4 Å². The molecule has 0 atom stereocenters. The molecule has 146 valence electrons. The van der Waals surface area contributed by atoms with Crippen LogP contribution >= 0.6 is 0 Å². The van der Waals surface area contributed by atoms with Gasteiger partial charge in [-0.15, -0.1) is 0 Å². The summed E-state index contributed by atoms with van der Waals surface area (Å²) >= 11 is 0. The van der Waals surface area contributed by atoms with Crippen LogP contribution in [0.3, 0.4) is 0 Å². The number of para-hydroxylation sites is 2. The number of anilines is 1. The number of phenols is 1. The Morgan fingerprint density at radius 2 is 2.00 bits per heavy atom. The van der Waals surface area contributed by atoms with E-state index in [0.717, 1.165) is 46.7 Å². The van der Waals surface area contributed by atoms with Crippen LogP contribution in [-0.2, 0) is 0 Å². The van der Waals surface area contributed by atoms with Gasteiger partial charge in [-0.25, -0.2) is 4.98 Å². The predicted molar refractivity (Wildman–Crippen MR) is 113 cm³/mol. The van der Waals surface area contributed by atoms with Crippen molar-refractivity contribution in [3.05, 3.63) is 59.7 Å². The summed E-state index contributed by atoms with van der Waals surface area (Å²) in [4.78, 5) is 7.92. The minimum absolute atomic E-state index is 0.120. The summed E-state index contributed by atoms with van der Waals surface area (Å²) in [5.41, 5.74) is 5.92. The van der Waals surface area contributed by atoms with Crippen LogP contribution < -0.4 is 10.1 Å². The standard InChI is InChI=1S/C22H21N5O2/c1-29-19-10-9-14(11-18(19)28)21(13-5-4-6-13)25-20-12-17(26-27-20)22-23-15-7-2-3-8-16(15)24-22/h2-3,7-12,28H,4-6H2,1H3,(H,23,24)(H2,25,26,27). The van der Waals surface area contributed by atoms with Crippen LogP contribution in [0.15, 0.2) is 54.1 Å². The summed E-state index contributed by atoms with van der Waals surface area (Å²) in [6, 6.07) is 15.3. The Bertz CT molecular complexity index is 1180. The number of rotatable bonds is 5. The number of nitrogens with zero attached hydrogens (tertiary/aromatic N) is 2. The largest absolute Gasteiger partial charge is 0.504 e. The first-order valence-corrected chi connectivity index (χ1v) is 9.58. The monoisotopic (exact) mass is 387 g/mol. The molecule has 0 unspecified atom stereocenters. The SMILES string of the molecule is COc1ccc(C(Nc2cc(-c3nc4ccccc4[nH]3)[nH]n2)=C2CCC2)cc1O. The zero-order valence-corrected chi connectivity index (χ0v) is 16.0. The van der Waals surface area contributed by atoms with Gasteiger partial charge in [0.25, 0.3) is 0 Å². The molecule has 5 rings (SSSR count). The smallest absolute Gasteiger partial charge is 0.160 e. The zero-order valence-electron chi connectivity index (χ0n) is 16.0. The molecule has 4 N–H and O–H groups in total. The lowest BCUT2D eigenvalue weighted by Crippen LogP contribution is -2.09. The molecule has 0 radical (unpaired) electrons. The van der Waals surface area contributed by atoms with Crippen LogP contribution in [0.4, 0.5) is 5.82 Å². The Kier molecular flexibility index (Phi) is 4.20. The number of fused-ring (bicyclic) bond motifs is 1. The number of ether oxygens (including phenoxy) is 1. The van der Waals surface area contributed by atoms with Crippen LogP contribution in [0.25, 0.3) is 28.2 Å². The number of methoxy groups -OCH3 is 1. The van der Waals surface area contributed by atoms with Crippen molar-refractivity contribution in [1.82, 2.24) is 20.2 Å². The van der Waals surface area contributed by atoms with E-state index in [9.17, 15) is 5.11 Å². The molecule has 29 heavy (non-hydrogen) atoms. The first kappa shape index (κ1) is 17.4. The van der Waals surface area contributed by atoms with Gasteiger partial charge in [0.1, 0.15) is 5.69 Å². The van der Waals surface area contributed by atoms with Crippen molar-refractivity contribution >= 4 is 22.5 Å². The van der Waals surface area contributed by atoms with E-state index in [0.29, 0.717) is 11.6 Å². The van der Waals surface area contributed by atoms with Crippen LogP contribution in [0.5, 0.6) is 11.5 Å². The van der Waals surface area contributed by atoms with Gasteiger partial charge in [0.2, 0.25) is 0 Å². The summed E-state index contributed by atoms with van der Waals surface area (Å²) in [6.45, 7) is 0. The number of allylic oxidation sites excluding steroid dienone is 1. The second kappa shape index (κ2) is 7.01. The fraction of sp³-hybridized carbons (Fsp3) is 0.182. The lowest BCUT2D eigenvalue weighted by atomic mass is 9.88. The molecule has 4 aromatic rings. The van der Waals surface area contributed by atoms with Gasteiger partial charge < -0.3 is 20.1 Å². The Morgan fingerprint density at radius 1 is 1.14 bits per heavy atom. The summed E-state index contributed by atoms with van der Waals surface area (Å²) in [7, 11) is 1.54. The maximum Gasteiger partial charge on any atom is 0.160 e. The maximum atomic E-state index is 10.2.